The van der Waals surface area contributed by atoms with Crippen LogP contribution < -0.4 is 44.3 Å². The molecule has 0 unspecified atom stereocenters. The Balaban J connectivity index is 1.26. The second-order valence-electron chi connectivity index (χ2n) is 13.7. The van der Waals surface area contributed by atoms with E-state index >= 15 is 0 Å². The van der Waals surface area contributed by atoms with Gasteiger partial charge in [0.05, 0.1) is 0 Å². The number of ether oxygens (including phenoxy) is 6. The van der Waals surface area contributed by atoms with Crippen LogP contribution in [0.3, 0.4) is 0 Å². The smallest absolute Gasteiger partial charge is 0.139 e. The highest BCUT2D eigenvalue weighted by molar-refractivity contribution is 7.80. The lowest BCUT2D eigenvalue weighted by Crippen LogP contribution is -2.24. The molecule has 7 heteroatoms. The molecular formula is C54H39O6P. The summed E-state index contributed by atoms with van der Waals surface area (Å²) in [5.74, 6) is 7.85. The standard InChI is InChI=1S/C54H39O6P/c1-7-19-40(20-8-1)55-46-31-34-52(49(37-46)58-43-25-13-4-14-26-43)61(53-35-32-47(56-41-21-9-2-10-22-41)38-50(53)59-44-27-15-5-16-28-44)54-36-33-48(57-42-23-11-3-12-24-42)39-51(54)60-45-29-17-6-18-30-45/h1-39H. The van der Waals surface area contributed by atoms with Crippen molar-refractivity contribution in [1.29, 1.82) is 0 Å². The molecular weight excluding hydrogens is 776 g/mol. The molecule has 0 spiro atoms. The van der Waals surface area contributed by atoms with Crippen molar-refractivity contribution >= 4 is 23.8 Å². The molecule has 0 bridgehead atoms. The Bertz CT molecular complexity index is 2480. The molecule has 0 N–H and O–H groups in total. The quantitative estimate of drug-likeness (QED) is 0.0961. The minimum Gasteiger partial charge on any atom is -0.457 e. The Labute approximate surface area is 356 Å². The zero-order valence-corrected chi connectivity index (χ0v) is 33.8. The second kappa shape index (κ2) is 18.9. The summed E-state index contributed by atoms with van der Waals surface area (Å²) >= 11 is 0. The van der Waals surface area contributed by atoms with Crippen LogP contribution >= 0.6 is 7.92 Å². The van der Waals surface area contributed by atoms with Gasteiger partial charge in [0.1, 0.15) is 69.0 Å². The average Bonchev–Trinajstić information content (AvgIpc) is 3.30. The van der Waals surface area contributed by atoms with Crippen molar-refractivity contribution in [2.24, 2.45) is 0 Å². The lowest BCUT2D eigenvalue weighted by Gasteiger charge is -2.27. The van der Waals surface area contributed by atoms with E-state index in [4.69, 9.17) is 28.4 Å². The highest BCUT2D eigenvalue weighted by Gasteiger charge is 2.29. The molecule has 0 fully saturated rings. The number of hydrogen-bond acceptors (Lipinski definition) is 6. The van der Waals surface area contributed by atoms with Crippen LogP contribution in [0.2, 0.25) is 0 Å². The Morgan fingerprint density at radius 3 is 0.639 bits per heavy atom. The maximum Gasteiger partial charge on any atom is 0.139 e. The average molecular weight is 815 g/mol. The summed E-state index contributed by atoms with van der Waals surface area (Å²) in [6.45, 7) is 0. The van der Waals surface area contributed by atoms with Crippen molar-refractivity contribution in [2.45, 2.75) is 0 Å². The number of benzene rings is 9. The van der Waals surface area contributed by atoms with Gasteiger partial charge in [0.15, 0.2) is 0 Å². The van der Waals surface area contributed by atoms with Gasteiger partial charge in [0, 0.05) is 34.1 Å². The lowest BCUT2D eigenvalue weighted by atomic mass is 10.3. The van der Waals surface area contributed by atoms with Gasteiger partial charge >= 0.3 is 0 Å². The fourth-order valence-electron chi connectivity index (χ4n) is 6.58. The summed E-state index contributed by atoms with van der Waals surface area (Å²) in [5, 5.41) is 2.68. The van der Waals surface area contributed by atoms with Crippen LogP contribution in [0.1, 0.15) is 0 Å². The van der Waals surface area contributed by atoms with E-state index in [-0.39, 0.29) is 0 Å². The summed E-state index contributed by atoms with van der Waals surface area (Å²) in [5.41, 5.74) is 0. The van der Waals surface area contributed by atoms with Crippen LogP contribution in [-0.4, -0.2) is 0 Å². The SMILES string of the molecule is c1ccc(Oc2ccc(P(c3ccc(Oc4ccccc4)cc3Oc3ccccc3)c3ccc(Oc4ccccc4)cc3Oc3ccccc3)c(Oc3ccccc3)c2)cc1. The Morgan fingerprint density at radius 2 is 0.410 bits per heavy atom. The number of hydrogen-bond donors (Lipinski definition) is 0. The normalized spacial score (nSPS) is 10.8. The van der Waals surface area contributed by atoms with Gasteiger partial charge < -0.3 is 28.4 Å². The summed E-state index contributed by atoms with van der Waals surface area (Å²) in [6, 6.07) is 76.4. The number of rotatable bonds is 15. The maximum absolute atomic E-state index is 6.84. The largest absolute Gasteiger partial charge is 0.457 e. The molecule has 0 aromatic heterocycles. The molecule has 0 atom stereocenters. The first-order valence-corrected chi connectivity index (χ1v) is 21.1. The zero-order chi connectivity index (χ0) is 41.1. The van der Waals surface area contributed by atoms with Crippen molar-refractivity contribution in [3.63, 3.8) is 0 Å². The molecule has 0 aliphatic heterocycles. The van der Waals surface area contributed by atoms with E-state index in [9.17, 15) is 0 Å². The highest BCUT2D eigenvalue weighted by Crippen LogP contribution is 2.47. The monoisotopic (exact) mass is 814 g/mol. The third-order valence-electron chi connectivity index (χ3n) is 9.37. The molecule has 61 heavy (non-hydrogen) atoms. The van der Waals surface area contributed by atoms with Gasteiger partial charge in [-0.15, -0.1) is 0 Å². The first-order valence-electron chi connectivity index (χ1n) is 19.8. The molecule has 0 amide bonds. The molecule has 0 heterocycles. The summed E-state index contributed by atoms with van der Waals surface area (Å²) < 4.78 is 39.7. The van der Waals surface area contributed by atoms with Gasteiger partial charge in [-0.05, 0) is 117 Å². The minimum absolute atomic E-state index is 0.608. The molecule has 0 saturated heterocycles. The van der Waals surface area contributed by atoms with Crippen LogP contribution in [0, 0.1) is 0 Å². The van der Waals surface area contributed by atoms with E-state index in [2.05, 4.69) is 18.2 Å². The molecule has 6 nitrogen and oxygen atoms in total. The van der Waals surface area contributed by atoms with Gasteiger partial charge in [-0.3, -0.25) is 0 Å². The summed E-state index contributed by atoms with van der Waals surface area (Å²) in [7, 11) is -1.55. The van der Waals surface area contributed by atoms with Crippen LogP contribution in [0.15, 0.2) is 237 Å². The van der Waals surface area contributed by atoms with Gasteiger partial charge in [-0.1, -0.05) is 109 Å². The Morgan fingerprint density at radius 1 is 0.197 bits per heavy atom. The first-order chi connectivity index (χ1) is 30.2. The molecule has 9 aromatic carbocycles. The minimum atomic E-state index is -1.55. The fourth-order valence-corrected chi connectivity index (χ4v) is 9.02. The van der Waals surface area contributed by atoms with E-state index in [1.807, 2.05) is 218 Å². The van der Waals surface area contributed by atoms with Crippen molar-refractivity contribution in [1.82, 2.24) is 0 Å². The molecule has 0 aliphatic carbocycles. The predicted molar refractivity (Wildman–Crippen MR) is 244 cm³/mol. The van der Waals surface area contributed by atoms with Crippen LogP contribution in [0.4, 0.5) is 0 Å². The van der Waals surface area contributed by atoms with Crippen LogP contribution in [0.25, 0.3) is 0 Å². The van der Waals surface area contributed by atoms with E-state index in [1.165, 1.54) is 0 Å². The van der Waals surface area contributed by atoms with Crippen molar-refractivity contribution in [3.8, 4) is 69.0 Å². The second-order valence-corrected chi connectivity index (χ2v) is 15.8. The Hall–Kier alpha value is -7.79. The fraction of sp³-hybridized carbons (Fsp3) is 0. The Kier molecular flexibility index (Phi) is 12.0. The van der Waals surface area contributed by atoms with Gasteiger partial charge in [-0.2, -0.15) is 0 Å². The van der Waals surface area contributed by atoms with E-state index < -0.39 is 7.92 Å². The van der Waals surface area contributed by atoms with Crippen molar-refractivity contribution < 1.29 is 28.4 Å². The van der Waals surface area contributed by atoms with E-state index in [0.29, 0.717) is 69.0 Å². The van der Waals surface area contributed by atoms with Gasteiger partial charge in [-0.25, -0.2) is 0 Å². The third kappa shape index (κ3) is 9.92. The predicted octanol–water partition coefficient (Wildman–Crippen LogP) is 14.2. The van der Waals surface area contributed by atoms with Crippen molar-refractivity contribution in [3.05, 3.63) is 237 Å². The van der Waals surface area contributed by atoms with E-state index in [0.717, 1.165) is 15.9 Å². The van der Waals surface area contributed by atoms with Crippen LogP contribution in [0.5, 0.6) is 69.0 Å². The molecule has 0 saturated carbocycles. The molecule has 0 aliphatic rings. The van der Waals surface area contributed by atoms with Gasteiger partial charge in [0.25, 0.3) is 0 Å². The third-order valence-corrected chi connectivity index (χ3v) is 11.9. The highest BCUT2D eigenvalue weighted by atomic mass is 31.1. The molecule has 0 radical (unpaired) electrons. The lowest BCUT2D eigenvalue weighted by molar-refractivity contribution is 0.463. The summed E-state index contributed by atoms with van der Waals surface area (Å²) in [4.78, 5) is 0. The van der Waals surface area contributed by atoms with Gasteiger partial charge in [0.2, 0.25) is 0 Å². The molecule has 9 aromatic rings. The van der Waals surface area contributed by atoms with Crippen LogP contribution in [-0.2, 0) is 0 Å². The molecule has 296 valence electrons. The topological polar surface area (TPSA) is 55.4 Å². The molecule has 9 rings (SSSR count). The first kappa shape index (κ1) is 38.7. The maximum atomic E-state index is 6.84. The number of para-hydroxylation sites is 6. The summed E-state index contributed by atoms with van der Waals surface area (Å²) in [6.07, 6.45) is 0. The van der Waals surface area contributed by atoms with Crippen molar-refractivity contribution in [2.75, 3.05) is 0 Å². The van der Waals surface area contributed by atoms with E-state index in [1.54, 1.807) is 0 Å². The zero-order valence-electron chi connectivity index (χ0n) is 32.9.